The fraction of sp³-hybridized carbons (Fsp3) is 0.200. The maximum Gasteiger partial charge on any atom is 0.264 e. The maximum absolute atomic E-state index is 14.3. The van der Waals surface area contributed by atoms with Crippen molar-refractivity contribution in [2.75, 3.05) is 11.6 Å². The Morgan fingerprint density at radius 1 is 0.860 bits per heavy atom. The van der Waals surface area contributed by atoms with E-state index in [0.29, 0.717) is 25.1 Å². The Kier molecular flexibility index (Phi) is 8.26. The summed E-state index contributed by atoms with van der Waals surface area (Å²) in [5.74, 6) is -0.822. The molecule has 6 aromatic rings. The summed E-state index contributed by atoms with van der Waals surface area (Å²) in [4.78, 5) is 39.7. The maximum atomic E-state index is 14.3. The highest BCUT2D eigenvalue weighted by molar-refractivity contribution is 5.95. The third-order valence-corrected chi connectivity index (χ3v) is 7.97. The molecule has 0 aliphatic carbocycles. The molecule has 6 rings (SSSR count). The van der Waals surface area contributed by atoms with E-state index in [0.717, 1.165) is 32.7 Å². The van der Waals surface area contributed by atoms with Crippen molar-refractivity contribution in [3.05, 3.63) is 133 Å². The van der Waals surface area contributed by atoms with E-state index in [1.165, 1.54) is 0 Å². The van der Waals surface area contributed by atoms with Gasteiger partial charge in [0.15, 0.2) is 0 Å². The van der Waals surface area contributed by atoms with Crippen molar-refractivity contribution in [3.63, 3.8) is 0 Å². The molecule has 8 heteroatoms. The Hall–Kier alpha value is -5.24. The number of fused-ring (bicyclic) bond motifs is 2. The number of benzene rings is 4. The van der Waals surface area contributed by atoms with Crippen molar-refractivity contribution in [2.24, 2.45) is 5.92 Å². The van der Waals surface area contributed by atoms with Crippen LogP contribution in [0.4, 0.5) is 0 Å². The highest BCUT2D eigenvalue weighted by atomic mass is 16.2. The minimum Gasteiger partial charge on any atom is -0.351 e. The second-order valence-electron chi connectivity index (χ2n) is 10.7. The number of hydrogen-bond acceptors (Lipinski definition) is 4. The zero-order valence-electron chi connectivity index (χ0n) is 24.1. The lowest BCUT2D eigenvalue weighted by molar-refractivity contribution is -0.130. The number of aromatic amines is 1. The molecule has 1 unspecified atom stereocenters. The molecule has 0 aliphatic heterocycles. The van der Waals surface area contributed by atoms with E-state index in [-0.39, 0.29) is 18.2 Å². The third kappa shape index (κ3) is 6.18. The van der Waals surface area contributed by atoms with Crippen LogP contribution in [0.3, 0.4) is 0 Å². The van der Waals surface area contributed by atoms with Crippen LogP contribution in [0.1, 0.15) is 23.7 Å². The number of hydrogen-bond donors (Lipinski definition) is 2. The molecule has 2 heterocycles. The van der Waals surface area contributed by atoms with E-state index in [2.05, 4.69) is 68.8 Å². The van der Waals surface area contributed by atoms with E-state index < -0.39 is 12.0 Å². The van der Waals surface area contributed by atoms with E-state index in [1.807, 2.05) is 43.3 Å². The first-order valence-corrected chi connectivity index (χ1v) is 14.6. The molecule has 0 spiro atoms. The van der Waals surface area contributed by atoms with Gasteiger partial charge in [0.1, 0.15) is 12.4 Å². The van der Waals surface area contributed by atoms with Crippen LogP contribution in [0.15, 0.2) is 116 Å². The summed E-state index contributed by atoms with van der Waals surface area (Å²) in [6, 6.07) is 28.1. The van der Waals surface area contributed by atoms with Gasteiger partial charge in [0.05, 0.1) is 12.0 Å². The number of imidazole rings is 2. The van der Waals surface area contributed by atoms with Gasteiger partial charge in [-0.2, -0.15) is 0 Å². The zero-order valence-corrected chi connectivity index (χ0v) is 24.1. The van der Waals surface area contributed by atoms with Gasteiger partial charge >= 0.3 is 0 Å². The lowest BCUT2D eigenvalue weighted by Crippen LogP contribution is -2.54. The van der Waals surface area contributed by atoms with Crippen molar-refractivity contribution in [1.82, 2.24) is 24.9 Å². The number of nitrogens with zero attached hydrogens (tertiary/aromatic N) is 4. The summed E-state index contributed by atoms with van der Waals surface area (Å²) in [5, 5.41) is 9.25. The van der Waals surface area contributed by atoms with Gasteiger partial charge in [-0.25, -0.2) is 19.7 Å². The molecule has 4 aromatic carbocycles. The van der Waals surface area contributed by atoms with Crippen LogP contribution in [-0.2, 0) is 28.9 Å². The molecule has 0 radical (unpaired) electrons. The fourth-order valence-electron chi connectivity index (χ4n) is 5.84. The van der Waals surface area contributed by atoms with E-state index in [9.17, 15) is 9.59 Å². The van der Waals surface area contributed by atoms with Gasteiger partial charge in [-0.1, -0.05) is 84.9 Å². The van der Waals surface area contributed by atoms with Gasteiger partial charge in [0.2, 0.25) is 5.91 Å². The van der Waals surface area contributed by atoms with Crippen molar-refractivity contribution < 1.29 is 9.59 Å². The smallest absolute Gasteiger partial charge is 0.264 e. The first-order valence-electron chi connectivity index (χ1n) is 14.6. The van der Waals surface area contributed by atoms with Crippen molar-refractivity contribution in [1.29, 1.82) is 0 Å². The van der Waals surface area contributed by atoms with E-state index in [1.54, 1.807) is 40.9 Å². The number of nitrogens with one attached hydrogen (secondary N) is 2. The normalized spacial score (nSPS) is 12.0. The summed E-state index contributed by atoms with van der Waals surface area (Å²) in [6.45, 7) is 2.31. The molecule has 43 heavy (non-hydrogen) atoms. The van der Waals surface area contributed by atoms with Crippen LogP contribution >= 0.6 is 0 Å². The van der Waals surface area contributed by atoms with Gasteiger partial charge < -0.3 is 10.3 Å². The average molecular weight is 571 g/mol. The number of amides is 2. The lowest BCUT2D eigenvalue weighted by atomic mass is 9.87. The Labute approximate surface area is 250 Å². The molecule has 1 atom stereocenters. The Bertz CT molecular complexity index is 1740. The Balaban J connectivity index is 1.35. The largest absolute Gasteiger partial charge is 0.351 e. The van der Waals surface area contributed by atoms with Crippen molar-refractivity contribution in [2.45, 2.75) is 32.2 Å². The number of carbonyl (C=O) groups excluding carboxylic acids is 2. The minimum atomic E-state index is -0.819. The average Bonchev–Trinajstić information content (AvgIpc) is 3.76. The van der Waals surface area contributed by atoms with E-state index in [4.69, 9.17) is 0 Å². The standard InChI is InChI=1S/C35H34N6O2/c1-2-41(40-18-17-36-24-40)35(43)33(21-30-22-37-23-38-30)39-34(42)29(19-27-13-7-11-25-9-3-5-15-31(25)27)20-28-14-8-12-26-10-4-6-16-32(26)28/h3-18,22-24,29,33H,2,19-21H2,1H3,(H,37,38)(H,39,42). The summed E-state index contributed by atoms with van der Waals surface area (Å²) in [7, 11) is 0. The highest BCUT2D eigenvalue weighted by Crippen LogP contribution is 2.26. The minimum absolute atomic E-state index is 0.170. The molecule has 216 valence electrons. The second-order valence-corrected chi connectivity index (χ2v) is 10.7. The number of aromatic nitrogens is 4. The quantitative estimate of drug-likeness (QED) is 0.223. The van der Waals surface area contributed by atoms with Gasteiger partial charge in [-0.3, -0.25) is 9.59 Å². The number of H-pyrrole nitrogens is 1. The molecule has 2 aromatic heterocycles. The SMILES string of the molecule is CCN(C(=O)C(Cc1c[nH]cn1)NC(=O)C(Cc1cccc2ccccc12)Cc1cccc2ccccc12)n1ccnc1. The van der Waals surface area contributed by atoms with Crippen LogP contribution < -0.4 is 10.3 Å². The first-order chi connectivity index (χ1) is 21.1. The van der Waals surface area contributed by atoms with Crippen molar-refractivity contribution >= 4 is 33.4 Å². The lowest BCUT2D eigenvalue weighted by Gasteiger charge is -2.28. The summed E-state index contributed by atoms with van der Waals surface area (Å²) < 4.78 is 1.65. The molecule has 2 amide bonds. The molecular formula is C35H34N6O2. The fourth-order valence-corrected chi connectivity index (χ4v) is 5.84. The first kappa shape index (κ1) is 27.9. The van der Waals surface area contributed by atoms with Crippen LogP contribution in [-0.4, -0.2) is 44.0 Å². The Morgan fingerprint density at radius 3 is 2.05 bits per heavy atom. The monoisotopic (exact) mass is 570 g/mol. The van der Waals surface area contributed by atoms with Gasteiger partial charge in [-0.15, -0.1) is 0 Å². The van der Waals surface area contributed by atoms with E-state index >= 15 is 0 Å². The molecule has 2 N–H and O–H groups in total. The molecule has 8 nitrogen and oxygen atoms in total. The number of carbonyl (C=O) groups is 2. The summed E-state index contributed by atoms with van der Waals surface area (Å²) in [5.41, 5.74) is 2.89. The predicted molar refractivity (Wildman–Crippen MR) is 169 cm³/mol. The Morgan fingerprint density at radius 2 is 1.49 bits per heavy atom. The molecular weight excluding hydrogens is 536 g/mol. The second kappa shape index (κ2) is 12.7. The molecule has 0 aliphatic rings. The van der Waals surface area contributed by atoms with Gasteiger partial charge in [-0.05, 0) is 52.4 Å². The van der Waals surface area contributed by atoms with Crippen LogP contribution in [0, 0.1) is 5.92 Å². The van der Waals surface area contributed by atoms with Crippen molar-refractivity contribution in [3.8, 4) is 0 Å². The number of rotatable bonds is 11. The van der Waals surface area contributed by atoms with Gasteiger partial charge in [0, 0.05) is 37.5 Å². The topological polar surface area (TPSA) is 95.9 Å². The predicted octanol–water partition coefficient (Wildman–Crippen LogP) is 5.23. The van der Waals surface area contributed by atoms with Crippen LogP contribution in [0.2, 0.25) is 0 Å². The van der Waals surface area contributed by atoms with Gasteiger partial charge in [0.25, 0.3) is 5.91 Å². The molecule has 0 bridgehead atoms. The molecule has 0 saturated carbocycles. The summed E-state index contributed by atoms with van der Waals surface area (Å²) >= 11 is 0. The highest BCUT2D eigenvalue weighted by Gasteiger charge is 2.30. The van der Waals surface area contributed by atoms with Crippen LogP contribution in [0.25, 0.3) is 21.5 Å². The zero-order chi connectivity index (χ0) is 29.6. The van der Waals surface area contributed by atoms with Crippen LogP contribution in [0.5, 0.6) is 0 Å². The number of likely N-dealkylation sites (N-methyl/N-ethyl adjacent to an activating group) is 1. The molecule has 0 saturated heterocycles. The summed E-state index contributed by atoms with van der Waals surface area (Å²) in [6.07, 6.45) is 9.57. The third-order valence-electron chi connectivity index (χ3n) is 7.97. The molecule has 0 fully saturated rings.